The maximum Gasteiger partial charge on any atom is 0.405 e. The first-order chi connectivity index (χ1) is 7.85. The van der Waals surface area contributed by atoms with Gasteiger partial charge in [-0.25, -0.2) is 4.98 Å². The van der Waals surface area contributed by atoms with E-state index in [0.717, 1.165) is 12.8 Å². The van der Waals surface area contributed by atoms with Gasteiger partial charge in [0, 0.05) is 17.8 Å². The molecule has 1 aliphatic rings. The first-order valence-electron chi connectivity index (χ1n) is 5.11. The molecule has 0 unspecified atom stereocenters. The second-order valence-electron chi connectivity index (χ2n) is 4.06. The van der Waals surface area contributed by atoms with E-state index in [4.69, 9.17) is 17.3 Å². The van der Waals surface area contributed by atoms with Crippen molar-refractivity contribution in [2.45, 2.75) is 25.1 Å². The van der Waals surface area contributed by atoms with Gasteiger partial charge >= 0.3 is 6.18 Å². The van der Waals surface area contributed by atoms with Crippen molar-refractivity contribution in [1.29, 1.82) is 0 Å². The highest BCUT2D eigenvalue weighted by Gasteiger charge is 2.38. The normalized spacial score (nSPS) is 16.0. The van der Waals surface area contributed by atoms with Gasteiger partial charge in [-0.15, -0.1) is 0 Å². The molecule has 1 fully saturated rings. The third kappa shape index (κ3) is 3.39. The Balaban J connectivity index is 2.26. The molecule has 2 rings (SSSR count). The van der Waals surface area contributed by atoms with Crippen molar-refractivity contribution in [3.05, 3.63) is 17.3 Å². The number of pyridine rings is 1. The van der Waals surface area contributed by atoms with Gasteiger partial charge in [-0.3, -0.25) is 0 Å². The number of hydrogen-bond donors (Lipinski definition) is 1. The predicted molar refractivity (Wildman–Crippen MR) is 60.1 cm³/mol. The average molecular weight is 266 g/mol. The summed E-state index contributed by atoms with van der Waals surface area (Å²) in [5.41, 5.74) is 5.86. The van der Waals surface area contributed by atoms with Gasteiger partial charge in [0.2, 0.25) is 0 Å². The molecule has 7 heteroatoms. The minimum Gasteiger partial charge on any atom is -0.399 e. The molecule has 2 N–H and O–H groups in total. The van der Waals surface area contributed by atoms with Crippen molar-refractivity contribution in [3.63, 3.8) is 0 Å². The lowest BCUT2D eigenvalue weighted by molar-refractivity contribution is -0.120. The SMILES string of the molecule is Nc1cc(Cl)nc(N(CC(F)(F)F)C2CC2)c1. The van der Waals surface area contributed by atoms with E-state index >= 15 is 0 Å². The summed E-state index contributed by atoms with van der Waals surface area (Å²) >= 11 is 5.69. The van der Waals surface area contributed by atoms with Crippen molar-refractivity contribution >= 4 is 23.1 Å². The summed E-state index contributed by atoms with van der Waals surface area (Å²) in [6.45, 7) is -1.02. The van der Waals surface area contributed by atoms with Crippen LogP contribution < -0.4 is 10.6 Å². The number of rotatable bonds is 3. The second-order valence-corrected chi connectivity index (χ2v) is 4.44. The summed E-state index contributed by atoms with van der Waals surface area (Å²) in [5.74, 6) is 0.190. The standard InChI is InChI=1S/C10H11ClF3N3/c11-8-3-6(15)4-9(16-8)17(7-1-2-7)5-10(12,13)14/h3-4,7H,1-2,5H2,(H2,15,16). The third-order valence-corrected chi connectivity index (χ3v) is 2.63. The Morgan fingerprint density at radius 3 is 2.53 bits per heavy atom. The topological polar surface area (TPSA) is 42.1 Å². The van der Waals surface area contributed by atoms with Gasteiger partial charge in [0.15, 0.2) is 0 Å². The summed E-state index contributed by atoms with van der Waals surface area (Å²) in [7, 11) is 0. The Morgan fingerprint density at radius 1 is 1.41 bits per heavy atom. The monoisotopic (exact) mass is 265 g/mol. The Hall–Kier alpha value is -1.17. The summed E-state index contributed by atoms with van der Waals surface area (Å²) in [4.78, 5) is 5.10. The molecule has 0 bridgehead atoms. The minimum absolute atomic E-state index is 0.104. The molecule has 0 aromatic carbocycles. The quantitative estimate of drug-likeness (QED) is 0.855. The first-order valence-corrected chi connectivity index (χ1v) is 5.49. The van der Waals surface area contributed by atoms with E-state index in [-0.39, 0.29) is 17.0 Å². The lowest BCUT2D eigenvalue weighted by atomic mass is 10.3. The van der Waals surface area contributed by atoms with Crippen LogP contribution in [0.5, 0.6) is 0 Å². The highest BCUT2D eigenvalue weighted by Crippen LogP contribution is 2.34. The lowest BCUT2D eigenvalue weighted by Gasteiger charge is -2.25. The minimum atomic E-state index is -4.26. The molecular weight excluding hydrogens is 255 g/mol. The molecule has 0 amide bonds. The number of nitrogens with two attached hydrogens (primary N) is 1. The fraction of sp³-hybridized carbons (Fsp3) is 0.500. The average Bonchev–Trinajstić information content (AvgIpc) is 2.94. The molecule has 0 atom stereocenters. The number of aromatic nitrogens is 1. The Kier molecular flexibility index (Phi) is 3.07. The van der Waals surface area contributed by atoms with Crippen LogP contribution in [-0.4, -0.2) is 23.7 Å². The van der Waals surface area contributed by atoms with Crippen LogP contribution in [0.2, 0.25) is 5.15 Å². The zero-order valence-corrected chi connectivity index (χ0v) is 9.59. The Bertz CT molecular complexity index is 397. The lowest BCUT2D eigenvalue weighted by Crippen LogP contribution is -2.36. The van der Waals surface area contributed by atoms with Crippen LogP contribution in [-0.2, 0) is 0 Å². The van der Waals surface area contributed by atoms with Crippen molar-refractivity contribution in [3.8, 4) is 0 Å². The molecule has 17 heavy (non-hydrogen) atoms. The predicted octanol–water partition coefficient (Wildman–Crippen LogP) is 2.85. The maximum absolute atomic E-state index is 12.4. The molecule has 0 radical (unpaired) electrons. The van der Waals surface area contributed by atoms with Gasteiger partial charge in [0.25, 0.3) is 0 Å². The van der Waals surface area contributed by atoms with Crippen molar-refractivity contribution < 1.29 is 13.2 Å². The van der Waals surface area contributed by atoms with E-state index < -0.39 is 12.7 Å². The molecule has 0 saturated heterocycles. The Labute approximate surface area is 101 Å². The van der Waals surface area contributed by atoms with Gasteiger partial charge in [0.1, 0.15) is 17.5 Å². The number of alkyl halides is 3. The molecule has 3 nitrogen and oxygen atoms in total. The highest BCUT2D eigenvalue weighted by molar-refractivity contribution is 6.29. The molecule has 1 heterocycles. The smallest absolute Gasteiger partial charge is 0.399 e. The number of halogens is 4. The van der Waals surface area contributed by atoms with Gasteiger partial charge in [-0.05, 0) is 18.9 Å². The van der Waals surface area contributed by atoms with Crippen LogP contribution in [0.25, 0.3) is 0 Å². The van der Waals surface area contributed by atoms with Gasteiger partial charge in [-0.2, -0.15) is 13.2 Å². The van der Waals surface area contributed by atoms with Crippen LogP contribution in [0.1, 0.15) is 12.8 Å². The van der Waals surface area contributed by atoms with E-state index in [1.807, 2.05) is 0 Å². The summed E-state index contributed by atoms with van der Waals surface area (Å²) in [6.07, 6.45) is -2.78. The van der Waals surface area contributed by atoms with Crippen LogP contribution in [0.3, 0.4) is 0 Å². The molecule has 1 aromatic heterocycles. The zero-order chi connectivity index (χ0) is 12.6. The van der Waals surface area contributed by atoms with Gasteiger partial charge in [-0.1, -0.05) is 11.6 Å². The molecule has 1 saturated carbocycles. The van der Waals surface area contributed by atoms with Crippen LogP contribution in [0.15, 0.2) is 12.1 Å². The number of nitrogen functional groups attached to an aromatic ring is 1. The first kappa shape index (κ1) is 12.3. The van der Waals surface area contributed by atoms with E-state index in [0.29, 0.717) is 5.69 Å². The van der Waals surface area contributed by atoms with E-state index in [9.17, 15) is 13.2 Å². The number of anilines is 2. The van der Waals surface area contributed by atoms with E-state index in [1.165, 1.54) is 17.0 Å². The van der Waals surface area contributed by atoms with Crippen molar-refractivity contribution in [2.24, 2.45) is 0 Å². The molecule has 0 aliphatic heterocycles. The van der Waals surface area contributed by atoms with Crippen LogP contribution >= 0.6 is 11.6 Å². The van der Waals surface area contributed by atoms with Gasteiger partial charge in [0.05, 0.1) is 0 Å². The fourth-order valence-electron chi connectivity index (χ4n) is 1.63. The Morgan fingerprint density at radius 2 is 2.06 bits per heavy atom. The molecule has 1 aromatic rings. The zero-order valence-electron chi connectivity index (χ0n) is 8.84. The van der Waals surface area contributed by atoms with E-state index in [2.05, 4.69) is 4.98 Å². The summed E-state index contributed by atoms with van der Waals surface area (Å²) in [5, 5.41) is 0.104. The maximum atomic E-state index is 12.4. The fourth-order valence-corrected chi connectivity index (χ4v) is 1.84. The van der Waals surface area contributed by atoms with Crippen LogP contribution in [0.4, 0.5) is 24.7 Å². The molecular formula is C10H11ClF3N3. The highest BCUT2D eigenvalue weighted by atomic mass is 35.5. The molecule has 0 spiro atoms. The number of hydrogen-bond acceptors (Lipinski definition) is 3. The van der Waals surface area contributed by atoms with Crippen molar-refractivity contribution in [2.75, 3.05) is 17.2 Å². The number of nitrogens with zero attached hydrogens (tertiary/aromatic N) is 2. The largest absolute Gasteiger partial charge is 0.405 e. The van der Waals surface area contributed by atoms with Gasteiger partial charge < -0.3 is 10.6 Å². The van der Waals surface area contributed by atoms with Crippen molar-refractivity contribution in [1.82, 2.24) is 4.98 Å². The third-order valence-electron chi connectivity index (χ3n) is 2.43. The van der Waals surface area contributed by atoms with Crippen LogP contribution in [0, 0.1) is 0 Å². The van der Waals surface area contributed by atoms with E-state index in [1.54, 1.807) is 0 Å². The second kappa shape index (κ2) is 4.25. The summed E-state index contributed by atoms with van der Waals surface area (Å²) < 4.78 is 37.3. The molecule has 94 valence electrons. The summed E-state index contributed by atoms with van der Waals surface area (Å²) in [6, 6.07) is 2.71. The molecule has 1 aliphatic carbocycles.